The third kappa shape index (κ3) is 2.33. The minimum absolute atomic E-state index is 0.111. The Morgan fingerprint density at radius 1 is 1.33 bits per heavy atom. The highest BCUT2D eigenvalue weighted by Gasteiger charge is 2.44. The summed E-state index contributed by atoms with van der Waals surface area (Å²) in [6.45, 7) is 2.64. The molecule has 112 valence electrons. The Kier molecular flexibility index (Phi) is 3.70. The van der Waals surface area contributed by atoms with Gasteiger partial charge in [0.25, 0.3) is 0 Å². The van der Waals surface area contributed by atoms with Crippen molar-refractivity contribution >= 4 is 11.8 Å². The number of rotatable bonds is 3. The monoisotopic (exact) mass is 288 g/mol. The smallest absolute Gasteiger partial charge is 0.316 e. The van der Waals surface area contributed by atoms with Crippen LogP contribution in [-0.2, 0) is 14.9 Å². The average Bonchev–Trinajstić information content (AvgIpc) is 2.98. The summed E-state index contributed by atoms with van der Waals surface area (Å²) in [6, 6.07) is 5.56. The number of benzene rings is 1. The van der Waals surface area contributed by atoms with Crippen LogP contribution in [0.5, 0.6) is 5.75 Å². The summed E-state index contributed by atoms with van der Waals surface area (Å²) < 4.78 is 10.9. The molecule has 4 nitrogen and oxygen atoms in total. The maximum atomic E-state index is 12.5. The summed E-state index contributed by atoms with van der Waals surface area (Å²) in [5.74, 6) is 0.573. The quantitative estimate of drug-likeness (QED) is 0.802. The molecule has 0 radical (unpaired) electrons. The molecule has 1 saturated carbocycles. The molecule has 2 aliphatic rings. The summed E-state index contributed by atoms with van der Waals surface area (Å²) >= 11 is 0. The largest absolute Gasteiger partial charge is 0.492 e. The summed E-state index contributed by atoms with van der Waals surface area (Å²) in [5, 5.41) is 0. The highest BCUT2D eigenvalue weighted by atomic mass is 16.5. The van der Waals surface area contributed by atoms with Gasteiger partial charge in [0.2, 0.25) is 0 Å². The Balaban J connectivity index is 2.01. The first-order valence-corrected chi connectivity index (χ1v) is 7.65. The number of carbonyl (C=O) groups is 2. The van der Waals surface area contributed by atoms with E-state index in [4.69, 9.17) is 9.47 Å². The molecule has 1 aliphatic heterocycles. The van der Waals surface area contributed by atoms with Crippen molar-refractivity contribution in [2.24, 2.45) is 0 Å². The number of Topliss-reactive ketones (excluding diaryl/α,β-unsaturated/α-hetero) is 1. The maximum absolute atomic E-state index is 12.5. The molecule has 3 rings (SSSR count). The molecule has 0 N–H and O–H groups in total. The first-order chi connectivity index (χ1) is 10.2. The molecule has 0 amide bonds. The Morgan fingerprint density at radius 3 is 2.81 bits per heavy atom. The van der Waals surface area contributed by atoms with Crippen molar-refractivity contribution in [1.29, 1.82) is 0 Å². The van der Waals surface area contributed by atoms with Gasteiger partial charge in [-0.25, -0.2) is 0 Å². The summed E-state index contributed by atoms with van der Waals surface area (Å²) in [5.41, 5.74) is 0.989. The third-order valence-electron chi connectivity index (χ3n) is 4.54. The van der Waals surface area contributed by atoms with E-state index in [1.54, 1.807) is 6.07 Å². The Bertz CT molecular complexity index is 570. The minimum atomic E-state index is -0.561. The van der Waals surface area contributed by atoms with Crippen molar-refractivity contribution in [3.63, 3.8) is 0 Å². The second-order valence-corrected chi connectivity index (χ2v) is 5.74. The summed E-state index contributed by atoms with van der Waals surface area (Å²) in [6.07, 6.45) is 4.08. The van der Waals surface area contributed by atoms with E-state index < -0.39 is 5.41 Å². The number of ether oxygens (including phenoxy) is 2. The van der Waals surface area contributed by atoms with E-state index in [-0.39, 0.29) is 11.8 Å². The van der Waals surface area contributed by atoms with Gasteiger partial charge in [0.15, 0.2) is 5.78 Å². The first kappa shape index (κ1) is 14.1. The first-order valence-electron chi connectivity index (χ1n) is 7.65. The van der Waals surface area contributed by atoms with Crippen LogP contribution in [0, 0.1) is 0 Å². The molecule has 0 saturated heterocycles. The lowest BCUT2D eigenvalue weighted by atomic mass is 9.78. The normalized spacial score (nSPS) is 19.8. The van der Waals surface area contributed by atoms with Crippen LogP contribution >= 0.6 is 0 Å². The standard InChI is InChI=1S/C17H20O4/c1-2-20-16(19)17(8-3-4-9-17)12-5-6-13-14(18)7-10-21-15(13)11-12/h5-6,11H,2-4,7-10H2,1H3. The zero-order chi connectivity index (χ0) is 14.9. The zero-order valence-electron chi connectivity index (χ0n) is 12.3. The topological polar surface area (TPSA) is 52.6 Å². The van der Waals surface area contributed by atoms with Gasteiger partial charge in [-0.15, -0.1) is 0 Å². The van der Waals surface area contributed by atoms with Gasteiger partial charge in [-0.1, -0.05) is 18.9 Å². The van der Waals surface area contributed by atoms with Crippen molar-refractivity contribution in [3.05, 3.63) is 29.3 Å². The molecule has 0 spiro atoms. The molecule has 0 unspecified atom stereocenters. The Labute approximate surface area is 124 Å². The molecular weight excluding hydrogens is 268 g/mol. The van der Waals surface area contributed by atoms with Gasteiger partial charge in [-0.2, -0.15) is 0 Å². The van der Waals surface area contributed by atoms with Gasteiger partial charge >= 0.3 is 5.97 Å². The van der Waals surface area contributed by atoms with Crippen LogP contribution < -0.4 is 4.74 Å². The summed E-state index contributed by atoms with van der Waals surface area (Å²) in [7, 11) is 0. The van der Waals surface area contributed by atoms with E-state index in [9.17, 15) is 9.59 Å². The molecule has 1 fully saturated rings. The van der Waals surface area contributed by atoms with Crippen molar-refractivity contribution in [3.8, 4) is 5.75 Å². The molecule has 1 heterocycles. The Hall–Kier alpha value is -1.84. The van der Waals surface area contributed by atoms with E-state index in [0.717, 1.165) is 31.2 Å². The third-order valence-corrected chi connectivity index (χ3v) is 4.54. The minimum Gasteiger partial charge on any atom is -0.492 e. The van der Waals surface area contributed by atoms with E-state index in [1.165, 1.54) is 0 Å². The van der Waals surface area contributed by atoms with Gasteiger partial charge in [0.1, 0.15) is 5.75 Å². The van der Waals surface area contributed by atoms with E-state index in [0.29, 0.717) is 30.9 Å². The number of carbonyl (C=O) groups excluding carboxylic acids is 2. The molecule has 0 atom stereocenters. The predicted octanol–water partition coefficient (Wildman–Crippen LogP) is 3.03. The van der Waals surface area contributed by atoms with Crippen LogP contribution in [0.2, 0.25) is 0 Å². The highest BCUT2D eigenvalue weighted by Crippen LogP contribution is 2.44. The number of hydrogen-bond donors (Lipinski definition) is 0. The lowest BCUT2D eigenvalue weighted by molar-refractivity contribution is -0.150. The van der Waals surface area contributed by atoms with Crippen LogP contribution in [0.3, 0.4) is 0 Å². The molecule has 21 heavy (non-hydrogen) atoms. The van der Waals surface area contributed by atoms with Crippen molar-refractivity contribution in [2.45, 2.75) is 44.4 Å². The van der Waals surface area contributed by atoms with Crippen LogP contribution in [0.15, 0.2) is 18.2 Å². The van der Waals surface area contributed by atoms with Gasteiger partial charge < -0.3 is 9.47 Å². The second-order valence-electron chi connectivity index (χ2n) is 5.74. The molecule has 4 heteroatoms. The van der Waals surface area contributed by atoms with Gasteiger partial charge in [0, 0.05) is 6.42 Å². The number of ketones is 1. The molecule has 0 aromatic heterocycles. The number of fused-ring (bicyclic) bond motifs is 1. The van der Waals surface area contributed by atoms with Crippen molar-refractivity contribution in [1.82, 2.24) is 0 Å². The fourth-order valence-electron chi connectivity index (χ4n) is 3.42. The van der Waals surface area contributed by atoms with Gasteiger partial charge in [-0.05, 0) is 37.5 Å². The van der Waals surface area contributed by atoms with Crippen LogP contribution in [-0.4, -0.2) is 25.0 Å². The van der Waals surface area contributed by atoms with Crippen LogP contribution in [0.1, 0.15) is 54.9 Å². The second kappa shape index (κ2) is 5.51. The van der Waals surface area contributed by atoms with E-state index >= 15 is 0 Å². The predicted molar refractivity (Wildman–Crippen MR) is 77.7 cm³/mol. The van der Waals surface area contributed by atoms with Crippen molar-refractivity contribution < 1.29 is 19.1 Å². The molecular formula is C17H20O4. The molecule has 1 aromatic rings. The lowest BCUT2D eigenvalue weighted by Gasteiger charge is -2.28. The highest BCUT2D eigenvalue weighted by molar-refractivity contribution is 6.00. The SMILES string of the molecule is CCOC(=O)C1(c2ccc3c(c2)OCCC3=O)CCCC1. The van der Waals surface area contributed by atoms with Gasteiger partial charge in [0.05, 0.1) is 24.2 Å². The fraction of sp³-hybridized carbons (Fsp3) is 0.529. The zero-order valence-corrected chi connectivity index (χ0v) is 12.3. The average molecular weight is 288 g/mol. The Morgan fingerprint density at radius 2 is 2.10 bits per heavy atom. The molecule has 1 aromatic carbocycles. The molecule has 1 aliphatic carbocycles. The number of hydrogen-bond acceptors (Lipinski definition) is 4. The number of esters is 1. The van der Waals surface area contributed by atoms with E-state index in [1.807, 2.05) is 19.1 Å². The maximum Gasteiger partial charge on any atom is 0.316 e. The lowest BCUT2D eigenvalue weighted by Crippen LogP contribution is -2.35. The fourth-order valence-corrected chi connectivity index (χ4v) is 3.42. The summed E-state index contributed by atoms with van der Waals surface area (Å²) in [4.78, 5) is 24.3. The van der Waals surface area contributed by atoms with Crippen LogP contribution in [0.4, 0.5) is 0 Å². The molecule has 0 bridgehead atoms. The van der Waals surface area contributed by atoms with Gasteiger partial charge in [-0.3, -0.25) is 9.59 Å². The van der Waals surface area contributed by atoms with Crippen LogP contribution in [0.25, 0.3) is 0 Å². The van der Waals surface area contributed by atoms with Crippen molar-refractivity contribution in [2.75, 3.05) is 13.2 Å². The van der Waals surface area contributed by atoms with E-state index in [2.05, 4.69) is 0 Å².